The van der Waals surface area contributed by atoms with Gasteiger partial charge in [-0.3, -0.25) is 0 Å². The zero-order valence-electron chi connectivity index (χ0n) is 14.2. The summed E-state index contributed by atoms with van der Waals surface area (Å²) in [5.41, 5.74) is 3.20. The fraction of sp³-hybridized carbons (Fsp3) is 0.190. The molecule has 1 aromatic heterocycles. The van der Waals surface area contributed by atoms with E-state index < -0.39 is 0 Å². The van der Waals surface area contributed by atoms with Crippen molar-refractivity contribution < 1.29 is 9.15 Å². The first-order valence-electron chi connectivity index (χ1n) is 8.63. The van der Waals surface area contributed by atoms with Crippen LogP contribution < -0.4 is 4.74 Å². The normalized spacial score (nSPS) is 21.0. The van der Waals surface area contributed by atoms with Gasteiger partial charge < -0.3 is 9.15 Å². The fourth-order valence-electron chi connectivity index (χ4n) is 3.63. The first kappa shape index (κ1) is 15.7. The molecule has 5 rings (SSSR count). The molecular formula is C21H17BrN2O2. The molecule has 0 amide bonds. The Morgan fingerprint density at radius 3 is 2.69 bits per heavy atom. The van der Waals surface area contributed by atoms with Crippen molar-refractivity contribution in [1.29, 1.82) is 0 Å². The van der Waals surface area contributed by atoms with Crippen molar-refractivity contribution in [3.63, 3.8) is 0 Å². The number of furan rings is 1. The summed E-state index contributed by atoms with van der Waals surface area (Å²) in [4.78, 5) is 0. The van der Waals surface area contributed by atoms with Crippen LogP contribution in [0, 0.1) is 6.92 Å². The van der Waals surface area contributed by atoms with E-state index in [4.69, 9.17) is 14.3 Å². The van der Waals surface area contributed by atoms with Gasteiger partial charge in [0.1, 0.15) is 23.0 Å². The summed E-state index contributed by atoms with van der Waals surface area (Å²) < 4.78 is 13.2. The van der Waals surface area contributed by atoms with Crippen molar-refractivity contribution in [3.05, 3.63) is 87.8 Å². The Morgan fingerprint density at radius 1 is 1.08 bits per heavy atom. The summed E-state index contributed by atoms with van der Waals surface area (Å²) in [6.45, 7) is 1.95. The molecule has 2 aromatic carbocycles. The number of benzene rings is 2. The maximum absolute atomic E-state index is 6.34. The lowest BCUT2D eigenvalue weighted by Crippen LogP contribution is -2.33. The predicted octanol–water partition coefficient (Wildman–Crippen LogP) is 5.59. The van der Waals surface area contributed by atoms with Crippen molar-refractivity contribution in [3.8, 4) is 5.75 Å². The fourth-order valence-corrected chi connectivity index (χ4v) is 4.01. The van der Waals surface area contributed by atoms with E-state index in [-0.39, 0.29) is 12.3 Å². The number of nitrogens with zero attached hydrogens (tertiary/aromatic N) is 2. The second-order valence-electron chi connectivity index (χ2n) is 6.62. The lowest BCUT2D eigenvalue weighted by molar-refractivity contribution is -0.0190. The molecule has 0 saturated heterocycles. The molecule has 2 aliphatic heterocycles. The molecule has 0 N–H and O–H groups in total. The van der Waals surface area contributed by atoms with Crippen molar-refractivity contribution in [1.82, 2.24) is 5.01 Å². The summed E-state index contributed by atoms with van der Waals surface area (Å²) in [6, 6.07) is 20.5. The minimum atomic E-state index is -0.247. The lowest BCUT2D eigenvalue weighted by Gasteiger charge is -2.38. The van der Waals surface area contributed by atoms with E-state index >= 15 is 0 Å². The number of aryl methyl sites for hydroxylation is 1. The number of hydrogen-bond acceptors (Lipinski definition) is 4. The van der Waals surface area contributed by atoms with Gasteiger partial charge in [0.25, 0.3) is 0 Å². The van der Waals surface area contributed by atoms with Crippen LogP contribution in [0.3, 0.4) is 0 Å². The second kappa shape index (κ2) is 6.02. The van der Waals surface area contributed by atoms with E-state index in [1.807, 2.05) is 49.4 Å². The zero-order valence-corrected chi connectivity index (χ0v) is 15.8. The van der Waals surface area contributed by atoms with Gasteiger partial charge in [-0.25, -0.2) is 5.01 Å². The molecule has 0 radical (unpaired) electrons. The molecule has 0 saturated carbocycles. The van der Waals surface area contributed by atoms with Gasteiger partial charge in [0, 0.05) is 22.0 Å². The minimum absolute atomic E-state index is 0.127. The highest BCUT2D eigenvalue weighted by Gasteiger charge is 2.41. The van der Waals surface area contributed by atoms with Gasteiger partial charge >= 0.3 is 0 Å². The molecule has 5 heteroatoms. The van der Waals surface area contributed by atoms with Gasteiger partial charge in [-0.15, -0.1) is 0 Å². The standard InChI is InChI=1S/C21H17BrN2O2/c1-13-7-9-20(25-13)17-12-18-16-11-15(22)8-10-19(16)26-21(24(18)23-17)14-5-3-2-4-6-14/h2-11,18,21H,12H2,1H3. The molecule has 0 aliphatic carbocycles. The lowest BCUT2D eigenvalue weighted by atomic mass is 9.97. The summed E-state index contributed by atoms with van der Waals surface area (Å²) in [7, 11) is 0. The molecule has 0 bridgehead atoms. The van der Waals surface area contributed by atoms with E-state index in [0.29, 0.717) is 0 Å². The number of hydrogen-bond donors (Lipinski definition) is 0. The zero-order chi connectivity index (χ0) is 17.7. The molecular weight excluding hydrogens is 392 g/mol. The Kier molecular flexibility index (Phi) is 3.64. The highest BCUT2D eigenvalue weighted by atomic mass is 79.9. The van der Waals surface area contributed by atoms with Gasteiger partial charge in [-0.1, -0.05) is 46.3 Å². The quantitative estimate of drug-likeness (QED) is 0.554. The third kappa shape index (κ3) is 2.54. The Morgan fingerprint density at radius 2 is 1.92 bits per heavy atom. The van der Waals surface area contributed by atoms with Crippen LogP contribution in [-0.4, -0.2) is 10.7 Å². The first-order valence-corrected chi connectivity index (χ1v) is 9.42. The molecule has 0 fully saturated rings. The van der Waals surface area contributed by atoms with Crippen LogP contribution in [0.1, 0.15) is 41.3 Å². The van der Waals surface area contributed by atoms with Gasteiger partial charge in [-0.2, -0.15) is 5.10 Å². The number of halogens is 1. The van der Waals surface area contributed by atoms with Crippen molar-refractivity contribution in [2.45, 2.75) is 25.6 Å². The average Bonchev–Trinajstić information content (AvgIpc) is 3.28. The summed E-state index contributed by atoms with van der Waals surface area (Å²) >= 11 is 3.58. The molecule has 3 aromatic rings. The van der Waals surface area contributed by atoms with Gasteiger partial charge in [-0.05, 0) is 37.3 Å². The monoisotopic (exact) mass is 408 g/mol. The van der Waals surface area contributed by atoms with Crippen molar-refractivity contribution in [2.24, 2.45) is 5.10 Å². The topological polar surface area (TPSA) is 38.0 Å². The van der Waals surface area contributed by atoms with Crippen molar-refractivity contribution >= 4 is 21.6 Å². The smallest absolute Gasteiger partial charge is 0.213 e. The van der Waals surface area contributed by atoms with E-state index in [1.54, 1.807) is 0 Å². The SMILES string of the molecule is Cc1ccc(C2=NN3C(C2)c2cc(Br)ccc2OC3c2ccccc2)o1. The summed E-state index contributed by atoms with van der Waals surface area (Å²) in [5, 5.41) is 6.96. The molecule has 130 valence electrons. The summed E-state index contributed by atoms with van der Waals surface area (Å²) in [6.07, 6.45) is 0.548. The number of fused-ring (bicyclic) bond motifs is 3. The Balaban J connectivity index is 1.61. The second-order valence-corrected chi connectivity index (χ2v) is 7.54. The van der Waals surface area contributed by atoms with E-state index in [2.05, 4.69) is 39.1 Å². The Bertz CT molecular complexity index is 996. The Labute approximate surface area is 160 Å². The minimum Gasteiger partial charge on any atom is -0.464 e. The molecule has 0 spiro atoms. The summed E-state index contributed by atoms with van der Waals surface area (Å²) in [5.74, 6) is 2.64. The number of ether oxygens (including phenoxy) is 1. The highest BCUT2D eigenvalue weighted by Crippen LogP contribution is 2.48. The van der Waals surface area contributed by atoms with Crippen LogP contribution in [0.5, 0.6) is 5.75 Å². The van der Waals surface area contributed by atoms with Crippen LogP contribution in [0.25, 0.3) is 0 Å². The van der Waals surface area contributed by atoms with E-state index in [0.717, 1.165) is 45.0 Å². The van der Waals surface area contributed by atoms with Crippen LogP contribution >= 0.6 is 15.9 Å². The maximum Gasteiger partial charge on any atom is 0.213 e. The molecule has 26 heavy (non-hydrogen) atoms. The predicted molar refractivity (Wildman–Crippen MR) is 103 cm³/mol. The van der Waals surface area contributed by atoms with Gasteiger partial charge in [0.05, 0.1) is 6.04 Å². The molecule has 3 heterocycles. The van der Waals surface area contributed by atoms with Crippen molar-refractivity contribution in [2.75, 3.05) is 0 Å². The van der Waals surface area contributed by atoms with Crippen LogP contribution in [0.4, 0.5) is 0 Å². The Hall–Kier alpha value is -2.53. The largest absolute Gasteiger partial charge is 0.464 e. The maximum atomic E-state index is 6.34. The van der Waals surface area contributed by atoms with Crippen LogP contribution in [0.15, 0.2) is 74.7 Å². The third-order valence-electron chi connectivity index (χ3n) is 4.86. The van der Waals surface area contributed by atoms with E-state index in [9.17, 15) is 0 Å². The van der Waals surface area contributed by atoms with E-state index in [1.165, 1.54) is 0 Å². The molecule has 2 unspecified atom stereocenters. The average molecular weight is 409 g/mol. The first-order chi connectivity index (χ1) is 12.7. The molecule has 2 atom stereocenters. The third-order valence-corrected chi connectivity index (χ3v) is 5.35. The number of rotatable bonds is 2. The molecule has 2 aliphatic rings. The van der Waals surface area contributed by atoms with Crippen LogP contribution in [-0.2, 0) is 0 Å². The highest BCUT2D eigenvalue weighted by molar-refractivity contribution is 9.10. The van der Waals surface area contributed by atoms with Gasteiger partial charge in [0.15, 0.2) is 0 Å². The van der Waals surface area contributed by atoms with Crippen LogP contribution in [0.2, 0.25) is 0 Å². The number of hydrazone groups is 1. The van der Waals surface area contributed by atoms with Gasteiger partial charge in [0.2, 0.25) is 6.23 Å². The molecule has 4 nitrogen and oxygen atoms in total.